The first-order valence-electron chi connectivity index (χ1n) is 4.09. The summed E-state index contributed by atoms with van der Waals surface area (Å²) in [5.74, 6) is 0. The Morgan fingerprint density at radius 3 is 2.47 bits per heavy atom. The van der Waals surface area contributed by atoms with Gasteiger partial charge in [0.15, 0.2) is 0 Å². The number of rotatable bonds is 1. The molecule has 0 aliphatic carbocycles. The molecule has 0 atom stereocenters. The molecule has 0 saturated heterocycles. The van der Waals surface area contributed by atoms with E-state index in [1.54, 1.807) is 6.07 Å². The summed E-state index contributed by atoms with van der Waals surface area (Å²) in [4.78, 5) is 0. The van der Waals surface area contributed by atoms with E-state index in [1.165, 1.54) is 19.1 Å². The number of nitriles is 1. The summed E-state index contributed by atoms with van der Waals surface area (Å²) < 4.78 is 38.5. The van der Waals surface area contributed by atoms with Crippen molar-refractivity contribution in [1.82, 2.24) is 0 Å². The topological polar surface area (TPSA) is 23.8 Å². The summed E-state index contributed by atoms with van der Waals surface area (Å²) in [6, 6.07) is 4.46. The van der Waals surface area contributed by atoms with Crippen LogP contribution in [0.15, 0.2) is 16.6 Å². The zero-order valence-corrected chi connectivity index (χ0v) is 9.41. The summed E-state index contributed by atoms with van der Waals surface area (Å²) in [7, 11) is 0. The average molecular weight is 278 g/mol. The molecule has 0 unspecified atom stereocenters. The number of nitrogens with zero attached hydrogens (tertiary/aromatic N) is 1. The third-order valence-corrected chi connectivity index (χ3v) is 2.39. The Kier molecular flexibility index (Phi) is 3.40. The lowest BCUT2D eigenvalue weighted by Crippen LogP contribution is -2.11. The van der Waals surface area contributed by atoms with Crippen molar-refractivity contribution in [2.45, 2.75) is 19.5 Å². The van der Waals surface area contributed by atoms with Gasteiger partial charge in [0.2, 0.25) is 0 Å². The fourth-order valence-electron chi connectivity index (χ4n) is 1.44. The number of halogens is 4. The standard InChI is InChI=1S/C10H7BrF3N/c1-6-4-8(11)5-7(2-3-15)9(6)10(12,13)14/h4-5H,2H2,1H3. The van der Waals surface area contributed by atoms with E-state index in [2.05, 4.69) is 15.9 Å². The van der Waals surface area contributed by atoms with Crippen molar-refractivity contribution in [2.24, 2.45) is 0 Å². The van der Waals surface area contributed by atoms with Crippen molar-refractivity contribution >= 4 is 15.9 Å². The van der Waals surface area contributed by atoms with E-state index in [0.29, 0.717) is 4.47 Å². The second-order valence-corrected chi connectivity index (χ2v) is 4.01. The molecule has 15 heavy (non-hydrogen) atoms. The van der Waals surface area contributed by atoms with Gasteiger partial charge >= 0.3 is 6.18 Å². The molecular weight excluding hydrogens is 271 g/mol. The molecule has 0 amide bonds. The molecule has 80 valence electrons. The lowest BCUT2D eigenvalue weighted by molar-refractivity contribution is -0.138. The second kappa shape index (κ2) is 4.23. The number of benzene rings is 1. The van der Waals surface area contributed by atoms with Crippen LogP contribution in [0, 0.1) is 18.3 Å². The molecule has 1 rings (SSSR count). The van der Waals surface area contributed by atoms with Crippen LogP contribution in [0.5, 0.6) is 0 Å². The SMILES string of the molecule is Cc1cc(Br)cc(CC#N)c1C(F)(F)F. The number of hydrogen-bond donors (Lipinski definition) is 0. The molecule has 1 aromatic carbocycles. The monoisotopic (exact) mass is 277 g/mol. The van der Waals surface area contributed by atoms with Crippen LogP contribution >= 0.6 is 15.9 Å². The summed E-state index contributed by atoms with van der Waals surface area (Å²) in [6.07, 6.45) is -4.65. The van der Waals surface area contributed by atoms with Crippen molar-refractivity contribution in [1.29, 1.82) is 5.26 Å². The molecule has 0 aliphatic heterocycles. The van der Waals surface area contributed by atoms with Gasteiger partial charge in [0.25, 0.3) is 0 Å². The third-order valence-electron chi connectivity index (χ3n) is 1.93. The Bertz CT molecular complexity index is 418. The predicted molar refractivity (Wildman–Crippen MR) is 53.2 cm³/mol. The minimum atomic E-state index is -4.41. The van der Waals surface area contributed by atoms with Gasteiger partial charge in [-0.1, -0.05) is 15.9 Å². The van der Waals surface area contributed by atoms with E-state index < -0.39 is 11.7 Å². The number of hydrogen-bond acceptors (Lipinski definition) is 1. The maximum atomic E-state index is 12.6. The van der Waals surface area contributed by atoms with Crippen LogP contribution in [0.1, 0.15) is 16.7 Å². The van der Waals surface area contributed by atoms with Gasteiger partial charge in [-0.15, -0.1) is 0 Å². The second-order valence-electron chi connectivity index (χ2n) is 3.09. The van der Waals surface area contributed by atoms with Crippen LogP contribution in [0.2, 0.25) is 0 Å². The highest BCUT2D eigenvalue weighted by Crippen LogP contribution is 2.36. The maximum Gasteiger partial charge on any atom is 0.416 e. The van der Waals surface area contributed by atoms with Crippen molar-refractivity contribution in [3.05, 3.63) is 33.3 Å². The highest BCUT2D eigenvalue weighted by molar-refractivity contribution is 9.10. The summed E-state index contributed by atoms with van der Waals surface area (Å²) in [5, 5.41) is 8.46. The van der Waals surface area contributed by atoms with Crippen LogP contribution in [0.3, 0.4) is 0 Å². The molecule has 0 fully saturated rings. The normalized spacial score (nSPS) is 11.2. The first-order valence-corrected chi connectivity index (χ1v) is 4.88. The molecule has 0 aliphatic rings. The highest BCUT2D eigenvalue weighted by atomic mass is 79.9. The maximum absolute atomic E-state index is 12.6. The highest BCUT2D eigenvalue weighted by Gasteiger charge is 2.35. The largest absolute Gasteiger partial charge is 0.416 e. The molecule has 0 radical (unpaired) electrons. The van der Waals surface area contributed by atoms with Crippen LogP contribution < -0.4 is 0 Å². The number of alkyl halides is 3. The van der Waals surface area contributed by atoms with E-state index in [-0.39, 0.29) is 17.5 Å². The smallest absolute Gasteiger partial charge is 0.198 e. The summed E-state index contributed by atoms with van der Waals surface area (Å²) >= 11 is 3.11. The molecule has 0 spiro atoms. The van der Waals surface area contributed by atoms with Gasteiger partial charge in [0.1, 0.15) is 0 Å². The Hall–Kier alpha value is -1.02. The lowest BCUT2D eigenvalue weighted by Gasteiger charge is -2.14. The van der Waals surface area contributed by atoms with E-state index in [0.717, 1.165) is 0 Å². The first kappa shape index (κ1) is 12.1. The van der Waals surface area contributed by atoms with Crippen LogP contribution in [-0.4, -0.2) is 0 Å². The van der Waals surface area contributed by atoms with Gasteiger partial charge in [0.05, 0.1) is 18.1 Å². The first-order chi connectivity index (χ1) is 6.86. The van der Waals surface area contributed by atoms with E-state index in [4.69, 9.17) is 5.26 Å². The fraction of sp³-hybridized carbons (Fsp3) is 0.300. The fourth-order valence-corrected chi connectivity index (χ4v) is 2.06. The minimum Gasteiger partial charge on any atom is -0.198 e. The minimum absolute atomic E-state index is 0.0110. The van der Waals surface area contributed by atoms with Gasteiger partial charge < -0.3 is 0 Å². The van der Waals surface area contributed by atoms with Gasteiger partial charge in [-0.3, -0.25) is 0 Å². The average Bonchev–Trinajstić information content (AvgIpc) is 1.99. The Morgan fingerprint density at radius 1 is 1.40 bits per heavy atom. The molecule has 0 aromatic heterocycles. The Labute approximate surface area is 93.6 Å². The van der Waals surface area contributed by atoms with Gasteiger partial charge in [-0.05, 0) is 30.2 Å². The summed E-state index contributed by atoms with van der Waals surface area (Å²) in [5.41, 5.74) is -0.564. The van der Waals surface area contributed by atoms with Crippen molar-refractivity contribution < 1.29 is 13.2 Å². The molecule has 0 N–H and O–H groups in total. The molecule has 1 nitrogen and oxygen atoms in total. The van der Waals surface area contributed by atoms with E-state index in [1.807, 2.05) is 0 Å². The zero-order valence-electron chi connectivity index (χ0n) is 7.82. The van der Waals surface area contributed by atoms with Gasteiger partial charge in [0, 0.05) is 4.47 Å². The van der Waals surface area contributed by atoms with Crippen LogP contribution in [0.25, 0.3) is 0 Å². The van der Waals surface area contributed by atoms with E-state index >= 15 is 0 Å². The molecular formula is C10H7BrF3N. The van der Waals surface area contributed by atoms with Crippen molar-refractivity contribution in [3.8, 4) is 6.07 Å². The quantitative estimate of drug-likeness (QED) is 0.765. The molecule has 5 heteroatoms. The van der Waals surface area contributed by atoms with Crippen LogP contribution in [-0.2, 0) is 12.6 Å². The van der Waals surface area contributed by atoms with Gasteiger partial charge in [-0.2, -0.15) is 18.4 Å². The van der Waals surface area contributed by atoms with Crippen molar-refractivity contribution in [3.63, 3.8) is 0 Å². The zero-order chi connectivity index (χ0) is 11.6. The van der Waals surface area contributed by atoms with Crippen molar-refractivity contribution in [2.75, 3.05) is 0 Å². The Morgan fingerprint density at radius 2 is 2.00 bits per heavy atom. The summed E-state index contributed by atoms with van der Waals surface area (Å²) in [6.45, 7) is 1.38. The number of aryl methyl sites for hydroxylation is 1. The molecule has 1 aromatic rings. The van der Waals surface area contributed by atoms with Gasteiger partial charge in [-0.25, -0.2) is 0 Å². The van der Waals surface area contributed by atoms with E-state index in [9.17, 15) is 13.2 Å². The third kappa shape index (κ3) is 2.72. The Balaban J connectivity index is 3.42. The lowest BCUT2D eigenvalue weighted by atomic mass is 9.99. The molecule has 0 saturated carbocycles. The molecule has 0 heterocycles. The predicted octanol–water partition coefficient (Wildman–Crippen LogP) is 3.84. The molecule has 0 bridgehead atoms. The van der Waals surface area contributed by atoms with Crippen LogP contribution in [0.4, 0.5) is 13.2 Å².